The highest BCUT2D eigenvalue weighted by Gasteiger charge is 2.28. The number of rotatable bonds is 4. The van der Waals surface area contributed by atoms with E-state index < -0.39 is 10.1 Å². The lowest BCUT2D eigenvalue weighted by atomic mass is 9.76. The Hall–Kier alpha value is -0.880. The molecule has 6 heteroatoms. The Labute approximate surface area is 121 Å². The summed E-state index contributed by atoms with van der Waals surface area (Å²) in [5.74, 6) is 0. The summed E-state index contributed by atoms with van der Waals surface area (Å²) in [6, 6.07) is 0.425. The predicted molar refractivity (Wildman–Crippen MR) is 77.9 cm³/mol. The van der Waals surface area contributed by atoms with Crippen molar-refractivity contribution in [3.63, 3.8) is 0 Å². The van der Waals surface area contributed by atoms with Gasteiger partial charge in [-0.1, -0.05) is 13.8 Å². The number of aryl methyl sites for hydroxylation is 1. The minimum Gasteiger partial charge on any atom is -0.269 e. The molecule has 20 heavy (non-hydrogen) atoms. The first-order valence-electron chi connectivity index (χ1n) is 7.05. The molecule has 1 aromatic rings. The molecule has 0 aromatic carbocycles. The Morgan fingerprint density at radius 2 is 2.00 bits per heavy atom. The highest BCUT2D eigenvalue weighted by molar-refractivity contribution is 7.85. The molecule has 114 valence electrons. The van der Waals surface area contributed by atoms with E-state index in [-0.39, 0.29) is 6.61 Å². The first-order chi connectivity index (χ1) is 9.16. The molecule has 1 saturated carbocycles. The monoisotopic (exact) mass is 300 g/mol. The molecule has 0 aliphatic heterocycles. The van der Waals surface area contributed by atoms with Crippen LogP contribution in [0.5, 0.6) is 0 Å². The molecule has 1 heterocycles. The van der Waals surface area contributed by atoms with Crippen molar-refractivity contribution in [1.29, 1.82) is 0 Å². The molecular weight excluding hydrogens is 276 g/mol. The SMILES string of the molecule is Cc1nn(C2CCC(C)(C)CC2)cc1COS(C)(=O)=O. The molecule has 5 nitrogen and oxygen atoms in total. The molecule has 0 saturated heterocycles. The van der Waals surface area contributed by atoms with Crippen LogP contribution in [0.3, 0.4) is 0 Å². The average Bonchev–Trinajstić information content (AvgIpc) is 2.67. The van der Waals surface area contributed by atoms with Crippen molar-refractivity contribution >= 4 is 10.1 Å². The van der Waals surface area contributed by atoms with Gasteiger partial charge in [0.2, 0.25) is 0 Å². The number of aromatic nitrogens is 2. The van der Waals surface area contributed by atoms with E-state index in [2.05, 4.69) is 18.9 Å². The lowest BCUT2D eigenvalue weighted by molar-refractivity contribution is 0.185. The fourth-order valence-corrected chi connectivity index (χ4v) is 3.01. The smallest absolute Gasteiger partial charge is 0.264 e. The molecule has 0 atom stereocenters. The molecule has 1 fully saturated rings. The second-order valence-electron chi connectivity index (χ2n) is 6.58. The van der Waals surface area contributed by atoms with E-state index in [0.29, 0.717) is 11.5 Å². The van der Waals surface area contributed by atoms with Crippen LogP contribution in [0.1, 0.15) is 56.8 Å². The van der Waals surface area contributed by atoms with Gasteiger partial charge in [0, 0.05) is 11.8 Å². The number of hydrogen-bond acceptors (Lipinski definition) is 4. The molecule has 0 spiro atoms. The van der Waals surface area contributed by atoms with Crippen molar-refractivity contribution < 1.29 is 12.6 Å². The van der Waals surface area contributed by atoms with E-state index in [9.17, 15) is 8.42 Å². The van der Waals surface area contributed by atoms with Gasteiger partial charge in [-0.15, -0.1) is 0 Å². The summed E-state index contributed by atoms with van der Waals surface area (Å²) in [5, 5.41) is 4.52. The zero-order valence-electron chi connectivity index (χ0n) is 12.7. The van der Waals surface area contributed by atoms with E-state index >= 15 is 0 Å². The summed E-state index contributed by atoms with van der Waals surface area (Å²) in [6.07, 6.45) is 7.65. The Morgan fingerprint density at radius 1 is 1.40 bits per heavy atom. The third kappa shape index (κ3) is 4.06. The second-order valence-corrected chi connectivity index (χ2v) is 8.23. The van der Waals surface area contributed by atoms with Crippen LogP contribution in [-0.2, 0) is 20.9 Å². The van der Waals surface area contributed by atoms with Gasteiger partial charge in [0.1, 0.15) is 0 Å². The number of hydrogen-bond donors (Lipinski definition) is 0. The van der Waals surface area contributed by atoms with Gasteiger partial charge in [-0.2, -0.15) is 13.5 Å². The van der Waals surface area contributed by atoms with E-state index in [1.54, 1.807) is 0 Å². The normalized spacial score (nSPS) is 20.2. The van der Waals surface area contributed by atoms with E-state index in [1.165, 1.54) is 12.8 Å². The molecule has 1 aliphatic carbocycles. The lowest BCUT2D eigenvalue weighted by Gasteiger charge is -2.34. The van der Waals surface area contributed by atoms with Gasteiger partial charge in [0.25, 0.3) is 10.1 Å². The van der Waals surface area contributed by atoms with Crippen LogP contribution < -0.4 is 0 Å². The van der Waals surface area contributed by atoms with Crippen molar-refractivity contribution in [2.24, 2.45) is 5.41 Å². The summed E-state index contributed by atoms with van der Waals surface area (Å²) >= 11 is 0. The molecule has 0 bridgehead atoms. The molecule has 2 rings (SSSR count). The molecule has 0 amide bonds. The molecule has 0 N–H and O–H groups in total. The topological polar surface area (TPSA) is 61.2 Å². The van der Waals surface area contributed by atoms with Gasteiger partial charge in [-0.25, -0.2) is 0 Å². The highest BCUT2D eigenvalue weighted by atomic mass is 32.2. The van der Waals surface area contributed by atoms with Crippen LogP contribution in [0.4, 0.5) is 0 Å². The van der Waals surface area contributed by atoms with Crippen molar-refractivity contribution in [3.05, 3.63) is 17.5 Å². The van der Waals surface area contributed by atoms with Crippen molar-refractivity contribution in [3.8, 4) is 0 Å². The Balaban J connectivity index is 2.04. The second kappa shape index (κ2) is 5.48. The van der Waals surface area contributed by atoms with Crippen LogP contribution in [0.25, 0.3) is 0 Å². The zero-order valence-corrected chi connectivity index (χ0v) is 13.5. The van der Waals surface area contributed by atoms with Gasteiger partial charge in [0.05, 0.1) is 24.6 Å². The first-order valence-corrected chi connectivity index (χ1v) is 8.87. The van der Waals surface area contributed by atoms with E-state index in [1.807, 2.05) is 17.8 Å². The van der Waals surface area contributed by atoms with Crippen LogP contribution in [0, 0.1) is 12.3 Å². The standard InChI is InChI=1S/C14H24N2O3S/c1-11-12(10-19-20(4,17)18)9-16(15-11)13-5-7-14(2,3)8-6-13/h9,13H,5-8,10H2,1-4H3. The summed E-state index contributed by atoms with van der Waals surface area (Å²) < 4.78 is 28.9. The number of nitrogens with zero attached hydrogens (tertiary/aromatic N) is 2. The van der Waals surface area contributed by atoms with E-state index in [4.69, 9.17) is 4.18 Å². The first kappa shape index (κ1) is 15.5. The van der Waals surface area contributed by atoms with Gasteiger partial charge < -0.3 is 0 Å². The van der Waals surface area contributed by atoms with Crippen LogP contribution >= 0.6 is 0 Å². The van der Waals surface area contributed by atoms with Crippen LogP contribution in [0.15, 0.2) is 6.20 Å². The minimum atomic E-state index is -3.41. The fourth-order valence-electron chi connectivity index (χ4n) is 2.67. The summed E-state index contributed by atoms with van der Waals surface area (Å²) in [5.41, 5.74) is 2.12. The quantitative estimate of drug-likeness (QED) is 0.802. The van der Waals surface area contributed by atoms with Gasteiger partial charge in [0.15, 0.2) is 0 Å². The highest BCUT2D eigenvalue weighted by Crippen LogP contribution is 2.40. The molecule has 0 unspecified atom stereocenters. The summed E-state index contributed by atoms with van der Waals surface area (Å²) in [4.78, 5) is 0. The van der Waals surface area contributed by atoms with Gasteiger partial charge in [-0.3, -0.25) is 8.86 Å². The molecule has 1 aromatic heterocycles. The van der Waals surface area contributed by atoms with Crippen molar-refractivity contribution in [2.75, 3.05) is 6.26 Å². The minimum absolute atomic E-state index is 0.0723. The third-order valence-corrected chi connectivity index (χ3v) is 4.68. The van der Waals surface area contributed by atoms with Crippen LogP contribution in [0.2, 0.25) is 0 Å². The average molecular weight is 300 g/mol. The lowest BCUT2D eigenvalue weighted by Crippen LogP contribution is -2.23. The Bertz CT molecular complexity index is 565. The predicted octanol–water partition coefficient (Wildman–Crippen LogP) is 2.81. The third-order valence-electron chi connectivity index (χ3n) is 4.13. The maximum absolute atomic E-state index is 11.0. The van der Waals surface area contributed by atoms with E-state index in [0.717, 1.165) is 30.4 Å². The maximum Gasteiger partial charge on any atom is 0.264 e. The molecular formula is C14H24N2O3S. The van der Waals surface area contributed by atoms with Crippen molar-refractivity contribution in [2.45, 2.75) is 59.1 Å². The Kier molecular flexibility index (Phi) is 4.25. The molecule has 0 radical (unpaired) electrons. The van der Waals surface area contributed by atoms with Crippen molar-refractivity contribution in [1.82, 2.24) is 9.78 Å². The fraction of sp³-hybridized carbons (Fsp3) is 0.786. The maximum atomic E-state index is 11.0. The summed E-state index contributed by atoms with van der Waals surface area (Å²) in [7, 11) is -3.41. The zero-order chi connectivity index (χ0) is 15.0. The van der Waals surface area contributed by atoms with Crippen LogP contribution in [-0.4, -0.2) is 24.5 Å². The largest absolute Gasteiger partial charge is 0.269 e. The Morgan fingerprint density at radius 3 is 2.55 bits per heavy atom. The van der Waals surface area contributed by atoms with Gasteiger partial charge in [-0.05, 0) is 38.0 Å². The van der Waals surface area contributed by atoms with Gasteiger partial charge >= 0.3 is 0 Å². The summed E-state index contributed by atoms with van der Waals surface area (Å²) in [6.45, 7) is 6.58. The molecule has 1 aliphatic rings.